The van der Waals surface area contributed by atoms with E-state index in [-0.39, 0.29) is 17.2 Å². The maximum absolute atomic E-state index is 11.9. The molecule has 0 atom stereocenters. The second kappa shape index (κ2) is 5.94. The molecule has 0 saturated heterocycles. The van der Waals surface area contributed by atoms with Gasteiger partial charge < -0.3 is 5.32 Å². The number of nitrogens with one attached hydrogen (secondary N) is 1. The lowest BCUT2D eigenvalue weighted by molar-refractivity contribution is -0.385. The van der Waals surface area contributed by atoms with Crippen LogP contribution in [0.1, 0.15) is 15.2 Å². The van der Waals surface area contributed by atoms with E-state index in [9.17, 15) is 14.9 Å². The Bertz CT molecular complexity index is 613. The maximum atomic E-state index is 11.9. The van der Waals surface area contributed by atoms with Crippen LogP contribution >= 0.6 is 27.3 Å². The molecule has 2 rings (SSSR count). The van der Waals surface area contributed by atoms with Crippen LogP contribution in [0, 0.1) is 10.1 Å². The number of carbonyl (C=O) groups is 1. The van der Waals surface area contributed by atoms with Crippen LogP contribution in [0.15, 0.2) is 40.2 Å². The van der Waals surface area contributed by atoms with Gasteiger partial charge in [-0.1, -0.05) is 6.07 Å². The minimum absolute atomic E-state index is 0.122. The molecule has 0 fully saturated rings. The highest BCUT2D eigenvalue weighted by molar-refractivity contribution is 9.10. The highest BCUT2D eigenvalue weighted by Gasteiger charge is 2.15. The van der Waals surface area contributed by atoms with Gasteiger partial charge in [0.25, 0.3) is 11.6 Å². The Balaban J connectivity index is 2.11. The van der Waals surface area contributed by atoms with Crippen molar-refractivity contribution in [2.24, 2.45) is 0 Å². The minimum Gasteiger partial charge on any atom is -0.347 e. The molecule has 1 aromatic heterocycles. The number of thiophene rings is 1. The predicted octanol–water partition coefficient (Wildman–Crippen LogP) is 3.35. The van der Waals surface area contributed by atoms with Crippen LogP contribution in [0.25, 0.3) is 0 Å². The van der Waals surface area contributed by atoms with Gasteiger partial charge in [-0.05, 0) is 39.5 Å². The number of nitro benzene ring substituents is 1. The van der Waals surface area contributed by atoms with E-state index >= 15 is 0 Å². The lowest BCUT2D eigenvalue weighted by atomic mass is 10.2. The average molecular weight is 341 g/mol. The summed E-state index contributed by atoms with van der Waals surface area (Å²) in [6, 6.07) is 8.11. The Hall–Kier alpha value is -1.73. The molecule has 0 radical (unpaired) electrons. The van der Waals surface area contributed by atoms with Crippen molar-refractivity contribution in [2.45, 2.75) is 6.54 Å². The topological polar surface area (TPSA) is 72.2 Å². The van der Waals surface area contributed by atoms with Gasteiger partial charge in [0.05, 0.1) is 15.9 Å². The monoisotopic (exact) mass is 340 g/mol. The zero-order valence-electron chi connectivity index (χ0n) is 9.63. The fraction of sp³-hybridized carbons (Fsp3) is 0.0833. The van der Waals surface area contributed by atoms with E-state index in [1.807, 2.05) is 17.5 Å². The molecule has 0 spiro atoms. The van der Waals surface area contributed by atoms with Crippen molar-refractivity contribution in [1.82, 2.24) is 5.32 Å². The second-order valence-electron chi connectivity index (χ2n) is 3.69. The van der Waals surface area contributed by atoms with Gasteiger partial charge in [-0.3, -0.25) is 14.9 Å². The van der Waals surface area contributed by atoms with Crippen LogP contribution < -0.4 is 5.32 Å². The second-order valence-corrected chi connectivity index (χ2v) is 5.57. The molecule has 7 heteroatoms. The Morgan fingerprint density at radius 2 is 2.21 bits per heavy atom. The fourth-order valence-electron chi connectivity index (χ4n) is 1.48. The molecule has 1 N–H and O–H groups in total. The summed E-state index contributed by atoms with van der Waals surface area (Å²) < 4.78 is 0.354. The molecule has 1 amide bonds. The van der Waals surface area contributed by atoms with Gasteiger partial charge in [0, 0.05) is 16.5 Å². The first-order valence-corrected chi connectivity index (χ1v) is 6.99. The molecule has 1 aromatic carbocycles. The van der Waals surface area contributed by atoms with Gasteiger partial charge in [-0.2, -0.15) is 0 Å². The summed E-state index contributed by atoms with van der Waals surface area (Å²) in [5.41, 5.74) is 0.148. The van der Waals surface area contributed by atoms with E-state index < -0.39 is 4.92 Å². The molecule has 98 valence electrons. The molecule has 0 unspecified atom stereocenters. The molecule has 0 saturated carbocycles. The van der Waals surface area contributed by atoms with Crippen molar-refractivity contribution in [2.75, 3.05) is 0 Å². The molecule has 0 bridgehead atoms. The van der Waals surface area contributed by atoms with Gasteiger partial charge in [0.1, 0.15) is 0 Å². The quantitative estimate of drug-likeness (QED) is 0.685. The summed E-state index contributed by atoms with van der Waals surface area (Å²) in [4.78, 5) is 23.2. The lowest BCUT2D eigenvalue weighted by Crippen LogP contribution is -2.22. The molecule has 0 aliphatic heterocycles. The normalized spacial score (nSPS) is 10.2. The third kappa shape index (κ3) is 3.39. The van der Waals surface area contributed by atoms with Crippen LogP contribution in [0.3, 0.4) is 0 Å². The number of nitrogens with zero attached hydrogens (tertiary/aromatic N) is 1. The zero-order chi connectivity index (χ0) is 13.8. The Morgan fingerprint density at radius 3 is 2.84 bits per heavy atom. The number of halogens is 1. The first-order chi connectivity index (χ1) is 9.08. The molecule has 1 heterocycles. The molecular weight excluding hydrogens is 332 g/mol. The summed E-state index contributed by atoms with van der Waals surface area (Å²) in [6.45, 7) is 0.417. The number of hydrogen-bond donors (Lipinski definition) is 1. The van der Waals surface area contributed by atoms with Crippen molar-refractivity contribution in [1.29, 1.82) is 0 Å². The molecule has 0 aliphatic rings. The third-order valence-corrected chi connectivity index (χ3v) is 3.96. The number of nitro groups is 1. The van der Waals surface area contributed by atoms with Crippen molar-refractivity contribution in [3.63, 3.8) is 0 Å². The SMILES string of the molecule is O=C(NCc1cccs1)c1ccc(Br)c([N+](=O)[O-])c1. The maximum Gasteiger partial charge on any atom is 0.284 e. The van der Waals surface area contributed by atoms with Crippen LogP contribution in [0.4, 0.5) is 5.69 Å². The van der Waals surface area contributed by atoms with Crippen LogP contribution in [0.5, 0.6) is 0 Å². The van der Waals surface area contributed by atoms with Gasteiger partial charge in [-0.15, -0.1) is 11.3 Å². The summed E-state index contributed by atoms with van der Waals surface area (Å²) in [5, 5.41) is 15.4. The third-order valence-electron chi connectivity index (χ3n) is 2.41. The van der Waals surface area contributed by atoms with E-state index in [0.717, 1.165) is 4.88 Å². The largest absolute Gasteiger partial charge is 0.347 e. The Morgan fingerprint density at radius 1 is 1.42 bits per heavy atom. The highest BCUT2D eigenvalue weighted by atomic mass is 79.9. The van der Waals surface area contributed by atoms with E-state index in [1.54, 1.807) is 17.4 Å². The van der Waals surface area contributed by atoms with Crippen LogP contribution in [-0.4, -0.2) is 10.8 Å². The summed E-state index contributed by atoms with van der Waals surface area (Å²) in [5.74, 6) is -0.330. The Kier molecular flexibility index (Phi) is 4.28. The van der Waals surface area contributed by atoms with E-state index in [1.165, 1.54) is 12.1 Å². The standard InChI is InChI=1S/C12H9BrN2O3S/c13-10-4-3-8(6-11(10)15(17)18)12(16)14-7-9-2-1-5-19-9/h1-6H,7H2,(H,14,16). The van der Waals surface area contributed by atoms with Crippen molar-refractivity contribution in [3.8, 4) is 0 Å². The van der Waals surface area contributed by atoms with E-state index in [4.69, 9.17) is 0 Å². The number of amides is 1. The highest BCUT2D eigenvalue weighted by Crippen LogP contribution is 2.25. The van der Waals surface area contributed by atoms with Gasteiger partial charge >= 0.3 is 0 Å². The summed E-state index contributed by atoms with van der Waals surface area (Å²) in [6.07, 6.45) is 0. The van der Waals surface area contributed by atoms with Gasteiger partial charge in [-0.25, -0.2) is 0 Å². The van der Waals surface area contributed by atoms with Crippen LogP contribution in [0.2, 0.25) is 0 Å². The molecular formula is C12H9BrN2O3S. The Labute approximate surface area is 121 Å². The van der Waals surface area contributed by atoms with E-state index in [2.05, 4.69) is 21.2 Å². The minimum atomic E-state index is -0.528. The lowest BCUT2D eigenvalue weighted by Gasteiger charge is -2.04. The fourth-order valence-corrected chi connectivity index (χ4v) is 2.51. The number of benzene rings is 1. The molecule has 19 heavy (non-hydrogen) atoms. The molecule has 0 aliphatic carbocycles. The first-order valence-electron chi connectivity index (χ1n) is 5.32. The van der Waals surface area contributed by atoms with Crippen molar-refractivity contribution < 1.29 is 9.72 Å². The molecule has 2 aromatic rings. The number of hydrogen-bond acceptors (Lipinski definition) is 4. The number of carbonyl (C=O) groups excluding carboxylic acids is 1. The predicted molar refractivity (Wildman–Crippen MR) is 76.3 cm³/mol. The molecule has 5 nitrogen and oxygen atoms in total. The van der Waals surface area contributed by atoms with Crippen molar-refractivity contribution >= 4 is 38.9 Å². The smallest absolute Gasteiger partial charge is 0.284 e. The summed E-state index contributed by atoms with van der Waals surface area (Å²) in [7, 11) is 0. The first kappa shape index (κ1) is 13.7. The van der Waals surface area contributed by atoms with E-state index in [0.29, 0.717) is 11.0 Å². The van der Waals surface area contributed by atoms with Gasteiger partial charge in [0.2, 0.25) is 0 Å². The number of rotatable bonds is 4. The average Bonchev–Trinajstić information content (AvgIpc) is 2.89. The zero-order valence-corrected chi connectivity index (χ0v) is 12.0. The van der Waals surface area contributed by atoms with Crippen LogP contribution in [-0.2, 0) is 6.54 Å². The van der Waals surface area contributed by atoms with Crippen molar-refractivity contribution in [3.05, 3.63) is 60.7 Å². The van der Waals surface area contributed by atoms with Gasteiger partial charge in [0.15, 0.2) is 0 Å². The summed E-state index contributed by atoms with van der Waals surface area (Å²) >= 11 is 4.62.